The Bertz CT molecular complexity index is 1220. The summed E-state index contributed by atoms with van der Waals surface area (Å²) in [5.41, 5.74) is 3.57. The van der Waals surface area contributed by atoms with Crippen LogP contribution in [0.15, 0.2) is 42.7 Å². The van der Waals surface area contributed by atoms with Crippen molar-refractivity contribution in [1.29, 1.82) is 0 Å². The first-order valence-electron chi connectivity index (χ1n) is 12.2. The van der Waals surface area contributed by atoms with Crippen molar-refractivity contribution in [1.82, 2.24) is 9.97 Å². The molecule has 2 aliphatic heterocycles. The Hall–Kier alpha value is -2.90. The van der Waals surface area contributed by atoms with E-state index in [1.54, 1.807) is 18.2 Å². The van der Waals surface area contributed by atoms with Crippen LogP contribution in [-0.4, -0.2) is 39.2 Å². The lowest BCUT2D eigenvalue weighted by atomic mass is 9.98. The summed E-state index contributed by atoms with van der Waals surface area (Å²) in [6.07, 6.45) is 9.59. The second-order valence-electron chi connectivity index (χ2n) is 9.87. The molecule has 2 N–H and O–H groups in total. The number of H-pyrrole nitrogens is 1. The van der Waals surface area contributed by atoms with Gasteiger partial charge in [-0.3, -0.25) is 0 Å². The number of ether oxygens (including phenoxy) is 1. The van der Waals surface area contributed by atoms with E-state index in [0.717, 1.165) is 61.2 Å². The highest BCUT2D eigenvalue weighted by atomic mass is 35.5. The van der Waals surface area contributed by atoms with E-state index >= 15 is 0 Å². The van der Waals surface area contributed by atoms with Gasteiger partial charge in [0, 0.05) is 46.9 Å². The quantitative estimate of drug-likeness (QED) is 0.410. The monoisotopic (exact) mass is 495 g/mol. The standard InChI is InChI=1S/C27H27ClFN3O3/c28-22-2-1-3-23(29)25(22)20-13-31-26(15-4-5-15)21(20)14-35-19-10-17-7-8-18(11-19)32(17)24-9-6-16(12-30-24)27(33)34/h1-3,6,9,12-13,15,17-19,31H,4-5,7-8,10-11,14H2,(H,33,34). The molecule has 2 atom stereocenters. The number of carbonyl (C=O) groups is 1. The summed E-state index contributed by atoms with van der Waals surface area (Å²) in [5, 5.41) is 9.56. The van der Waals surface area contributed by atoms with Crippen LogP contribution in [0.4, 0.5) is 10.2 Å². The SMILES string of the molecule is O=C(O)c1ccc(N2C3CCC2CC(OCc2c(-c4c(F)cccc4Cl)c[nH]c2C2CC2)C3)nc1. The van der Waals surface area contributed by atoms with Crippen LogP contribution in [0.2, 0.25) is 5.02 Å². The highest BCUT2D eigenvalue weighted by Gasteiger charge is 2.42. The van der Waals surface area contributed by atoms with E-state index in [1.165, 1.54) is 12.3 Å². The van der Waals surface area contributed by atoms with Crippen LogP contribution in [-0.2, 0) is 11.3 Å². The third-order valence-electron chi connectivity index (χ3n) is 7.65. The van der Waals surface area contributed by atoms with E-state index < -0.39 is 5.97 Å². The second-order valence-corrected chi connectivity index (χ2v) is 10.3. The van der Waals surface area contributed by atoms with Gasteiger partial charge in [-0.2, -0.15) is 0 Å². The topological polar surface area (TPSA) is 78.5 Å². The lowest BCUT2D eigenvalue weighted by Gasteiger charge is -2.39. The average molecular weight is 496 g/mol. The Morgan fingerprint density at radius 1 is 1.17 bits per heavy atom. The molecule has 6 rings (SSSR count). The number of benzene rings is 1. The summed E-state index contributed by atoms with van der Waals surface area (Å²) >= 11 is 6.40. The van der Waals surface area contributed by atoms with E-state index in [9.17, 15) is 9.18 Å². The number of fused-ring (bicyclic) bond motifs is 2. The fourth-order valence-electron chi connectivity index (χ4n) is 5.84. The zero-order valence-corrected chi connectivity index (χ0v) is 20.0. The predicted molar refractivity (Wildman–Crippen MR) is 131 cm³/mol. The highest BCUT2D eigenvalue weighted by Crippen LogP contribution is 2.46. The molecule has 3 aliphatic rings. The van der Waals surface area contributed by atoms with Crippen LogP contribution in [0.1, 0.15) is 66.1 Å². The summed E-state index contributed by atoms with van der Waals surface area (Å²) in [6.45, 7) is 0.422. The number of nitrogens with zero attached hydrogens (tertiary/aromatic N) is 2. The number of aromatic carboxylic acids is 1. The number of pyridine rings is 1. The minimum atomic E-state index is -0.967. The summed E-state index contributed by atoms with van der Waals surface area (Å²) in [5.74, 6) is 0.0169. The molecule has 2 aromatic heterocycles. The van der Waals surface area contributed by atoms with Crippen LogP contribution in [0.3, 0.4) is 0 Å². The van der Waals surface area contributed by atoms with Crippen molar-refractivity contribution in [3.8, 4) is 11.1 Å². The van der Waals surface area contributed by atoms with Gasteiger partial charge in [-0.05, 0) is 68.7 Å². The molecule has 3 fully saturated rings. The Kier molecular flexibility index (Phi) is 5.77. The van der Waals surface area contributed by atoms with Gasteiger partial charge in [0.25, 0.3) is 0 Å². The Balaban J connectivity index is 1.19. The van der Waals surface area contributed by atoms with E-state index in [1.807, 2.05) is 12.3 Å². The first kappa shape index (κ1) is 22.6. The summed E-state index contributed by atoms with van der Waals surface area (Å²) < 4.78 is 21.2. The normalized spacial score (nSPS) is 23.6. The van der Waals surface area contributed by atoms with E-state index in [2.05, 4.69) is 14.9 Å². The average Bonchev–Trinajstić information content (AvgIpc) is 3.55. The van der Waals surface area contributed by atoms with Crippen molar-refractivity contribution in [3.05, 3.63) is 70.4 Å². The lowest BCUT2D eigenvalue weighted by Crippen LogP contribution is -2.46. The number of aromatic amines is 1. The number of hydrogen-bond donors (Lipinski definition) is 2. The minimum absolute atomic E-state index is 0.105. The molecule has 3 aromatic rings. The van der Waals surface area contributed by atoms with E-state index in [0.29, 0.717) is 35.2 Å². The maximum atomic E-state index is 14.7. The van der Waals surface area contributed by atoms with Crippen LogP contribution < -0.4 is 4.90 Å². The fourth-order valence-corrected chi connectivity index (χ4v) is 6.11. The van der Waals surface area contributed by atoms with Crippen LogP contribution in [0.25, 0.3) is 11.1 Å². The number of rotatable bonds is 7. The number of halogens is 2. The number of carboxylic acid groups (broad SMARTS) is 1. The molecule has 182 valence electrons. The third-order valence-corrected chi connectivity index (χ3v) is 7.97. The first-order chi connectivity index (χ1) is 17.0. The number of piperidine rings is 1. The van der Waals surface area contributed by atoms with Gasteiger partial charge >= 0.3 is 5.97 Å². The zero-order valence-electron chi connectivity index (χ0n) is 19.2. The number of aromatic nitrogens is 2. The third kappa shape index (κ3) is 4.21. The molecule has 2 saturated heterocycles. The molecule has 1 aliphatic carbocycles. The second kappa shape index (κ2) is 8.95. The Morgan fingerprint density at radius 3 is 2.57 bits per heavy atom. The van der Waals surface area contributed by atoms with E-state index in [-0.39, 0.29) is 17.5 Å². The molecular weight excluding hydrogens is 469 g/mol. The van der Waals surface area contributed by atoms with Crippen molar-refractivity contribution >= 4 is 23.4 Å². The van der Waals surface area contributed by atoms with Gasteiger partial charge < -0.3 is 19.7 Å². The van der Waals surface area contributed by atoms with Gasteiger partial charge in [0.1, 0.15) is 11.6 Å². The van der Waals surface area contributed by atoms with Crippen LogP contribution >= 0.6 is 11.6 Å². The molecule has 2 bridgehead atoms. The van der Waals surface area contributed by atoms with Gasteiger partial charge in [0.15, 0.2) is 0 Å². The van der Waals surface area contributed by atoms with Crippen LogP contribution in [0.5, 0.6) is 0 Å². The van der Waals surface area contributed by atoms with Crippen molar-refractivity contribution < 1.29 is 19.0 Å². The number of carboxylic acids is 1. The van der Waals surface area contributed by atoms with Gasteiger partial charge in [0.05, 0.1) is 23.3 Å². The maximum absolute atomic E-state index is 14.7. The smallest absolute Gasteiger partial charge is 0.337 e. The summed E-state index contributed by atoms with van der Waals surface area (Å²) in [7, 11) is 0. The fraction of sp³-hybridized carbons (Fsp3) is 0.407. The number of anilines is 1. The molecule has 0 spiro atoms. The molecule has 0 radical (unpaired) electrons. The molecule has 1 saturated carbocycles. The van der Waals surface area contributed by atoms with Crippen molar-refractivity contribution in [3.63, 3.8) is 0 Å². The van der Waals surface area contributed by atoms with Crippen molar-refractivity contribution in [2.45, 2.75) is 69.2 Å². The molecular formula is C27H27ClFN3O3. The molecule has 8 heteroatoms. The molecule has 6 nitrogen and oxygen atoms in total. The van der Waals surface area contributed by atoms with Crippen molar-refractivity contribution in [2.75, 3.05) is 4.90 Å². The number of hydrogen-bond acceptors (Lipinski definition) is 4. The molecule has 2 unspecified atom stereocenters. The number of nitrogens with one attached hydrogen (secondary N) is 1. The highest BCUT2D eigenvalue weighted by molar-refractivity contribution is 6.33. The van der Waals surface area contributed by atoms with Gasteiger partial charge in [-0.15, -0.1) is 0 Å². The Labute approximate surface area is 208 Å². The Morgan fingerprint density at radius 2 is 1.94 bits per heavy atom. The van der Waals surface area contributed by atoms with E-state index in [4.69, 9.17) is 21.4 Å². The molecule has 35 heavy (non-hydrogen) atoms. The van der Waals surface area contributed by atoms with Gasteiger partial charge in [0.2, 0.25) is 0 Å². The largest absolute Gasteiger partial charge is 0.478 e. The molecule has 4 heterocycles. The van der Waals surface area contributed by atoms with Crippen molar-refractivity contribution in [2.24, 2.45) is 0 Å². The predicted octanol–water partition coefficient (Wildman–Crippen LogP) is 6.16. The summed E-state index contributed by atoms with van der Waals surface area (Å²) in [4.78, 5) is 21.3. The molecule has 0 amide bonds. The van der Waals surface area contributed by atoms with Crippen LogP contribution in [0, 0.1) is 5.82 Å². The zero-order chi connectivity index (χ0) is 24.1. The minimum Gasteiger partial charge on any atom is -0.478 e. The van der Waals surface area contributed by atoms with Gasteiger partial charge in [-0.25, -0.2) is 14.2 Å². The maximum Gasteiger partial charge on any atom is 0.337 e. The summed E-state index contributed by atoms with van der Waals surface area (Å²) in [6, 6.07) is 8.85. The molecule has 1 aromatic carbocycles. The first-order valence-corrected chi connectivity index (χ1v) is 12.6. The lowest BCUT2D eigenvalue weighted by molar-refractivity contribution is 0.0149. The van der Waals surface area contributed by atoms with Gasteiger partial charge in [-0.1, -0.05) is 17.7 Å².